The molecule has 0 radical (unpaired) electrons. The molecule has 1 aromatic carbocycles. The zero-order valence-corrected chi connectivity index (χ0v) is 12.1. The Balaban J connectivity index is 2.09. The molecule has 0 bridgehead atoms. The lowest BCUT2D eigenvalue weighted by atomic mass is 9.60. The van der Waals surface area contributed by atoms with E-state index < -0.39 is 0 Å². The molecule has 3 atom stereocenters. The summed E-state index contributed by atoms with van der Waals surface area (Å²) in [6.45, 7) is 7.32. The third-order valence-corrected chi connectivity index (χ3v) is 5.48. The van der Waals surface area contributed by atoms with Gasteiger partial charge in [-0.25, -0.2) is 0 Å². The molecule has 0 amide bonds. The minimum absolute atomic E-state index is 0.327. The van der Waals surface area contributed by atoms with Gasteiger partial charge in [0, 0.05) is 18.8 Å². The zero-order valence-electron chi connectivity index (χ0n) is 12.1. The molecule has 0 aromatic heterocycles. The average Bonchev–Trinajstić information content (AvgIpc) is 2.36. The Morgan fingerprint density at radius 1 is 1.17 bits per heavy atom. The standard InChI is InChI=1S/C17H25N/c1-12-9-10-14-16(11-12)18(4)15-8-6-5-7-13(15)17(14,2)3/h5-8,12,14,16H,9-11H2,1-4H3. The van der Waals surface area contributed by atoms with Crippen molar-refractivity contribution in [1.82, 2.24) is 0 Å². The maximum absolute atomic E-state index is 2.56. The van der Waals surface area contributed by atoms with E-state index in [1.165, 1.54) is 24.9 Å². The summed E-state index contributed by atoms with van der Waals surface area (Å²) in [5.41, 5.74) is 3.33. The SMILES string of the molecule is CC1CCC2C(C1)N(C)c1ccccc1C2(C)C. The van der Waals surface area contributed by atoms with Crippen molar-refractivity contribution in [3.63, 3.8) is 0 Å². The summed E-state index contributed by atoms with van der Waals surface area (Å²) in [6.07, 6.45) is 4.15. The van der Waals surface area contributed by atoms with Crippen LogP contribution in [-0.2, 0) is 5.41 Å². The molecular formula is C17H25N. The second-order valence-corrected chi connectivity index (χ2v) is 6.94. The van der Waals surface area contributed by atoms with Crippen LogP contribution in [0.2, 0.25) is 0 Å². The Hall–Kier alpha value is -0.980. The van der Waals surface area contributed by atoms with Gasteiger partial charge < -0.3 is 4.90 Å². The molecule has 3 unspecified atom stereocenters. The van der Waals surface area contributed by atoms with E-state index in [0.29, 0.717) is 5.41 Å². The van der Waals surface area contributed by atoms with Crippen LogP contribution in [0.4, 0.5) is 5.69 Å². The largest absolute Gasteiger partial charge is 0.371 e. The second kappa shape index (κ2) is 4.01. The topological polar surface area (TPSA) is 3.24 Å². The number of hydrogen-bond donors (Lipinski definition) is 0. The van der Waals surface area contributed by atoms with Crippen molar-refractivity contribution in [2.45, 2.75) is 51.5 Å². The normalized spacial score (nSPS) is 33.8. The van der Waals surface area contributed by atoms with Crippen LogP contribution >= 0.6 is 0 Å². The quantitative estimate of drug-likeness (QED) is 0.659. The van der Waals surface area contributed by atoms with Gasteiger partial charge in [-0.2, -0.15) is 0 Å². The molecule has 1 heterocycles. The highest BCUT2D eigenvalue weighted by Gasteiger charge is 2.46. The monoisotopic (exact) mass is 243 g/mol. The number of hydrogen-bond acceptors (Lipinski definition) is 1. The molecular weight excluding hydrogens is 218 g/mol. The molecule has 18 heavy (non-hydrogen) atoms. The predicted octanol–water partition coefficient (Wildman–Crippen LogP) is 4.22. The summed E-state index contributed by atoms with van der Waals surface area (Å²) in [4.78, 5) is 2.56. The third kappa shape index (κ3) is 1.60. The first-order valence-corrected chi connectivity index (χ1v) is 7.34. The molecule has 0 saturated heterocycles. The van der Waals surface area contributed by atoms with Gasteiger partial charge >= 0.3 is 0 Å². The van der Waals surface area contributed by atoms with Crippen molar-refractivity contribution in [2.75, 3.05) is 11.9 Å². The van der Waals surface area contributed by atoms with E-state index in [2.05, 4.69) is 57.0 Å². The van der Waals surface area contributed by atoms with Crippen molar-refractivity contribution in [3.8, 4) is 0 Å². The molecule has 1 nitrogen and oxygen atoms in total. The lowest BCUT2D eigenvalue weighted by molar-refractivity contribution is 0.156. The molecule has 1 aliphatic heterocycles. The van der Waals surface area contributed by atoms with E-state index in [9.17, 15) is 0 Å². The minimum atomic E-state index is 0.327. The van der Waals surface area contributed by atoms with Crippen LogP contribution in [0.3, 0.4) is 0 Å². The lowest BCUT2D eigenvalue weighted by Crippen LogP contribution is -2.53. The highest BCUT2D eigenvalue weighted by Crippen LogP contribution is 2.51. The molecule has 1 heteroatoms. The van der Waals surface area contributed by atoms with E-state index in [-0.39, 0.29) is 0 Å². The van der Waals surface area contributed by atoms with E-state index in [1.807, 2.05) is 0 Å². The average molecular weight is 243 g/mol. The van der Waals surface area contributed by atoms with Crippen molar-refractivity contribution in [1.29, 1.82) is 0 Å². The maximum Gasteiger partial charge on any atom is 0.0404 e. The highest BCUT2D eigenvalue weighted by molar-refractivity contribution is 5.60. The van der Waals surface area contributed by atoms with Gasteiger partial charge in [0.2, 0.25) is 0 Å². The summed E-state index contributed by atoms with van der Waals surface area (Å²) in [7, 11) is 2.30. The van der Waals surface area contributed by atoms with Crippen LogP contribution in [0.15, 0.2) is 24.3 Å². The number of rotatable bonds is 0. The Labute approximate surface area is 111 Å². The first-order chi connectivity index (χ1) is 8.51. The van der Waals surface area contributed by atoms with Crippen LogP contribution in [0, 0.1) is 11.8 Å². The second-order valence-electron chi connectivity index (χ2n) is 6.94. The van der Waals surface area contributed by atoms with Crippen molar-refractivity contribution in [3.05, 3.63) is 29.8 Å². The molecule has 1 fully saturated rings. The van der Waals surface area contributed by atoms with Gasteiger partial charge in [0.05, 0.1) is 0 Å². The van der Waals surface area contributed by atoms with Gasteiger partial charge in [-0.3, -0.25) is 0 Å². The fourth-order valence-electron chi connectivity index (χ4n) is 4.33. The molecule has 0 N–H and O–H groups in total. The third-order valence-electron chi connectivity index (χ3n) is 5.48. The smallest absolute Gasteiger partial charge is 0.0404 e. The van der Waals surface area contributed by atoms with E-state index in [1.54, 1.807) is 5.56 Å². The molecule has 1 aliphatic carbocycles. The van der Waals surface area contributed by atoms with Crippen LogP contribution in [0.25, 0.3) is 0 Å². The van der Waals surface area contributed by atoms with Crippen molar-refractivity contribution in [2.24, 2.45) is 11.8 Å². The fourth-order valence-corrected chi connectivity index (χ4v) is 4.33. The molecule has 2 aliphatic rings. The number of benzene rings is 1. The predicted molar refractivity (Wildman–Crippen MR) is 78.2 cm³/mol. The summed E-state index contributed by atoms with van der Waals surface area (Å²) >= 11 is 0. The Bertz CT molecular complexity index is 449. The van der Waals surface area contributed by atoms with Crippen LogP contribution in [0.1, 0.15) is 45.6 Å². The molecule has 98 valence electrons. The van der Waals surface area contributed by atoms with Gasteiger partial charge in [0.1, 0.15) is 0 Å². The van der Waals surface area contributed by atoms with E-state index >= 15 is 0 Å². The summed E-state index contributed by atoms with van der Waals surface area (Å²) < 4.78 is 0. The van der Waals surface area contributed by atoms with Crippen LogP contribution < -0.4 is 4.90 Å². The van der Waals surface area contributed by atoms with Crippen molar-refractivity contribution < 1.29 is 0 Å². The summed E-state index contributed by atoms with van der Waals surface area (Å²) in [5, 5.41) is 0. The van der Waals surface area contributed by atoms with Gasteiger partial charge in [-0.1, -0.05) is 45.4 Å². The maximum atomic E-state index is 2.56. The number of para-hydroxylation sites is 1. The Morgan fingerprint density at radius 2 is 1.89 bits per heavy atom. The Kier molecular flexibility index (Phi) is 2.69. The van der Waals surface area contributed by atoms with Gasteiger partial charge in [0.15, 0.2) is 0 Å². The molecule has 0 spiro atoms. The van der Waals surface area contributed by atoms with Crippen LogP contribution in [0.5, 0.6) is 0 Å². The van der Waals surface area contributed by atoms with Gasteiger partial charge in [0.25, 0.3) is 0 Å². The fraction of sp³-hybridized carbons (Fsp3) is 0.647. The Morgan fingerprint density at radius 3 is 2.67 bits per heavy atom. The first-order valence-electron chi connectivity index (χ1n) is 7.34. The number of fused-ring (bicyclic) bond motifs is 2. The molecule has 1 saturated carbocycles. The van der Waals surface area contributed by atoms with E-state index in [4.69, 9.17) is 0 Å². The summed E-state index contributed by atoms with van der Waals surface area (Å²) in [5.74, 6) is 1.70. The minimum Gasteiger partial charge on any atom is -0.371 e. The van der Waals surface area contributed by atoms with Gasteiger partial charge in [-0.05, 0) is 41.7 Å². The summed E-state index contributed by atoms with van der Waals surface area (Å²) in [6, 6.07) is 9.74. The number of anilines is 1. The first kappa shape index (κ1) is 12.1. The van der Waals surface area contributed by atoms with Gasteiger partial charge in [-0.15, -0.1) is 0 Å². The number of nitrogens with zero attached hydrogens (tertiary/aromatic N) is 1. The zero-order chi connectivity index (χ0) is 12.9. The van der Waals surface area contributed by atoms with E-state index in [0.717, 1.165) is 17.9 Å². The molecule has 3 rings (SSSR count). The van der Waals surface area contributed by atoms with Crippen molar-refractivity contribution >= 4 is 5.69 Å². The lowest BCUT2D eigenvalue weighted by Gasteiger charge is -2.53. The highest BCUT2D eigenvalue weighted by atomic mass is 15.2. The molecule has 1 aromatic rings. The van der Waals surface area contributed by atoms with Crippen LogP contribution in [-0.4, -0.2) is 13.1 Å².